The van der Waals surface area contributed by atoms with E-state index in [4.69, 9.17) is 9.47 Å². The van der Waals surface area contributed by atoms with Gasteiger partial charge in [-0.3, -0.25) is 4.79 Å². The van der Waals surface area contributed by atoms with Gasteiger partial charge < -0.3 is 9.47 Å². The van der Waals surface area contributed by atoms with Crippen LogP contribution in [0.3, 0.4) is 0 Å². The highest BCUT2D eigenvalue weighted by Gasteiger charge is 2.72. The van der Waals surface area contributed by atoms with Gasteiger partial charge in [0.05, 0.1) is 6.61 Å². The zero-order valence-electron chi connectivity index (χ0n) is 12.1. The molecule has 0 aromatic heterocycles. The van der Waals surface area contributed by atoms with Crippen molar-refractivity contribution in [2.24, 2.45) is 5.92 Å². The zero-order valence-corrected chi connectivity index (χ0v) is 13.6. The van der Waals surface area contributed by atoms with Crippen LogP contribution in [0.15, 0.2) is 34.8 Å². The Morgan fingerprint density at radius 3 is 2.76 bits per heavy atom. The average Bonchev–Trinajstić information content (AvgIpc) is 3.25. The van der Waals surface area contributed by atoms with Gasteiger partial charge >= 0.3 is 0 Å². The molecular weight excluding hydrogens is 332 g/mol. The first-order valence-corrected chi connectivity index (χ1v) is 8.01. The number of hydrogen-bond acceptors (Lipinski definition) is 3. The normalized spacial score (nSPS) is 40.5. The number of epoxide rings is 1. The number of aryl methyl sites for hydroxylation is 1. The van der Waals surface area contributed by atoms with Crippen LogP contribution in [0, 0.1) is 12.8 Å². The molecule has 2 fully saturated rings. The molecule has 1 aromatic carbocycles. The van der Waals surface area contributed by atoms with Gasteiger partial charge in [-0.2, -0.15) is 0 Å². The van der Waals surface area contributed by atoms with Crippen LogP contribution in [0.5, 0.6) is 0 Å². The Hall–Kier alpha value is -0.970. The second kappa shape index (κ2) is 4.28. The van der Waals surface area contributed by atoms with E-state index in [0.717, 1.165) is 10.9 Å². The Morgan fingerprint density at radius 2 is 2.14 bits per heavy atom. The van der Waals surface area contributed by atoms with E-state index in [9.17, 15) is 4.79 Å². The molecule has 1 saturated carbocycles. The molecule has 1 aromatic rings. The first-order valence-electron chi connectivity index (χ1n) is 7.22. The number of ketones is 1. The lowest BCUT2D eigenvalue weighted by atomic mass is 9.58. The Labute approximate surface area is 132 Å². The van der Waals surface area contributed by atoms with Gasteiger partial charge in [0, 0.05) is 23.4 Å². The monoisotopic (exact) mass is 348 g/mol. The van der Waals surface area contributed by atoms with Crippen LogP contribution >= 0.6 is 15.9 Å². The number of halogens is 1. The van der Waals surface area contributed by atoms with Gasteiger partial charge in [-0.15, -0.1) is 0 Å². The lowest BCUT2D eigenvalue weighted by Crippen LogP contribution is -2.61. The summed E-state index contributed by atoms with van der Waals surface area (Å²) in [5.74, 6) is 0.256. The summed E-state index contributed by atoms with van der Waals surface area (Å²) in [5.41, 5.74) is 0.831. The molecule has 0 N–H and O–H groups in total. The van der Waals surface area contributed by atoms with Crippen molar-refractivity contribution in [2.75, 3.05) is 13.7 Å². The van der Waals surface area contributed by atoms with Crippen molar-refractivity contribution in [2.45, 2.75) is 30.5 Å². The second-order valence-corrected chi connectivity index (χ2v) is 7.20. The van der Waals surface area contributed by atoms with Gasteiger partial charge in [0.15, 0.2) is 11.2 Å². The molecule has 2 bridgehead atoms. The summed E-state index contributed by atoms with van der Waals surface area (Å²) in [6.07, 6.45) is 2.84. The highest BCUT2D eigenvalue weighted by atomic mass is 79.9. The average molecular weight is 349 g/mol. The number of ether oxygens (including phenoxy) is 2. The van der Waals surface area contributed by atoms with Gasteiger partial charge in [-0.05, 0) is 25.0 Å². The van der Waals surface area contributed by atoms with Crippen LogP contribution in [-0.4, -0.2) is 30.7 Å². The van der Waals surface area contributed by atoms with Crippen LogP contribution in [0.2, 0.25) is 0 Å². The Kier molecular flexibility index (Phi) is 2.79. The van der Waals surface area contributed by atoms with Crippen molar-refractivity contribution in [1.29, 1.82) is 0 Å². The summed E-state index contributed by atoms with van der Waals surface area (Å²) < 4.78 is 12.4. The molecule has 0 radical (unpaired) electrons. The fraction of sp³-hybridized carbons (Fsp3) is 0.471. The van der Waals surface area contributed by atoms with Crippen molar-refractivity contribution >= 4 is 21.7 Å². The third-order valence-electron chi connectivity index (χ3n) is 5.21. The highest BCUT2D eigenvalue weighted by molar-refractivity contribution is 9.11. The third-order valence-corrected chi connectivity index (χ3v) is 6.00. The Morgan fingerprint density at radius 1 is 1.38 bits per heavy atom. The third kappa shape index (κ3) is 1.64. The Bertz CT molecular complexity index is 662. The highest BCUT2D eigenvalue weighted by Crippen LogP contribution is 2.61. The van der Waals surface area contributed by atoms with Crippen molar-refractivity contribution < 1.29 is 14.3 Å². The molecule has 21 heavy (non-hydrogen) atoms. The summed E-state index contributed by atoms with van der Waals surface area (Å²) in [4.78, 5) is 13.0. The predicted molar refractivity (Wildman–Crippen MR) is 82.5 cm³/mol. The van der Waals surface area contributed by atoms with Gasteiger partial charge in [0.2, 0.25) is 5.78 Å². The van der Waals surface area contributed by atoms with Crippen molar-refractivity contribution in [3.8, 4) is 0 Å². The maximum absolute atomic E-state index is 13.0. The first kappa shape index (κ1) is 13.7. The molecule has 4 atom stereocenters. The molecule has 1 aliphatic heterocycles. The molecule has 1 saturated heterocycles. The summed E-state index contributed by atoms with van der Waals surface area (Å²) in [6.45, 7) is 2.59. The maximum Gasteiger partial charge on any atom is 0.203 e. The maximum atomic E-state index is 13.0. The van der Waals surface area contributed by atoms with Gasteiger partial charge in [0.25, 0.3) is 0 Å². The number of hydrogen-bond donors (Lipinski definition) is 0. The summed E-state index contributed by atoms with van der Waals surface area (Å²) in [7, 11) is 1.62. The molecule has 5 rings (SSSR count). The smallest absolute Gasteiger partial charge is 0.203 e. The lowest BCUT2D eigenvalue weighted by Gasteiger charge is -2.50. The lowest BCUT2D eigenvalue weighted by molar-refractivity contribution is -0.153. The predicted octanol–water partition coefficient (Wildman–Crippen LogP) is 3.11. The number of rotatable bonds is 2. The second-order valence-electron chi connectivity index (χ2n) is 6.29. The molecule has 4 heteroatoms. The molecule has 0 amide bonds. The summed E-state index contributed by atoms with van der Waals surface area (Å²) in [6, 6.07) is 8.36. The summed E-state index contributed by atoms with van der Waals surface area (Å²) in [5, 5.41) is 0. The van der Waals surface area contributed by atoms with E-state index in [1.165, 1.54) is 11.1 Å². The number of Topliss-reactive ketones (excluding diaryl/α,β-unsaturated/α-hetero) is 1. The molecule has 4 aliphatic rings. The van der Waals surface area contributed by atoms with Crippen LogP contribution in [-0.2, 0) is 14.3 Å². The van der Waals surface area contributed by atoms with E-state index in [1.54, 1.807) is 7.11 Å². The fourth-order valence-corrected chi connectivity index (χ4v) is 4.93. The van der Waals surface area contributed by atoms with E-state index in [2.05, 4.69) is 41.1 Å². The number of carbonyl (C=O) groups is 1. The van der Waals surface area contributed by atoms with Crippen LogP contribution in [0.25, 0.3) is 0 Å². The zero-order chi connectivity index (χ0) is 14.8. The SMILES string of the molecule is CO[C@]12C=C(Br)[C@@H](C[C@@H]1c1cccc(C)c1)[C@@]1(CO1)C2=O. The fourth-order valence-electron chi connectivity index (χ4n) is 4.03. The summed E-state index contributed by atoms with van der Waals surface area (Å²) >= 11 is 3.63. The molecule has 1 spiro atoms. The number of fused-ring (bicyclic) bond motifs is 1. The Balaban J connectivity index is 1.87. The molecule has 110 valence electrons. The van der Waals surface area contributed by atoms with Crippen LogP contribution in [0.1, 0.15) is 23.5 Å². The van der Waals surface area contributed by atoms with Gasteiger partial charge in [0.1, 0.15) is 0 Å². The first-order chi connectivity index (χ1) is 10.0. The van der Waals surface area contributed by atoms with E-state index in [0.29, 0.717) is 6.61 Å². The number of benzene rings is 1. The van der Waals surface area contributed by atoms with Crippen LogP contribution < -0.4 is 0 Å². The quantitative estimate of drug-likeness (QED) is 0.770. The van der Waals surface area contributed by atoms with Crippen molar-refractivity contribution in [1.82, 2.24) is 0 Å². The van der Waals surface area contributed by atoms with Gasteiger partial charge in [-0.25, -0.2) is 0 Å². The molecule has 0 unspecified atom stereocenters. The van der Waals surface area contributed by atoms with Crippen LogP contribution in [0.4, 0.5) is 0 Å². The van der Waals surface area contributed by atoms with E-state index in [-0.39, 0.29) is 17.6 Å². The molecule has 3 aliphatic carbocycles. The van der Waals surface area contributed by atoms with Crippen molar-refractivity contribution in [3.05, 3.63) is 46.0 Å². The largest absolute Gasteiger partial charge is 0.365 e. The van der Waals surface area contributed by atoms with E-state index < -0.39 is 11.2 Å². The topological polar surface area (TPSA) is 38.8 Å². The molecule has 3 nitrogen and oxygen atoms in total. The molecule has 1 heterocycles. The standard InChI is InChI=1S/C17H17BrO3/c1-10-4-3-5-11(6-10)12-7-13-14(18)8-16(12,20-2)15(19)17(13)9-21-17/h3-6,8,12-13H,7,9H2,1-2H3/t12-,13-,16-,17+/m1/s1. The minimum atomic E-state index is -0.905. The van der Waals surface area contributed by atoms with Crippen molar-refractivity contribution in [3.63, 3.8) is 0 Å². The van der Waals surface area contributed by atoms with E-state index >= 15 is 0 Å². The minimum Gasteiger partial charge on any atom is -0.365 e. The number of methoxy groups -OCH3 is 1. The van der Waals surface area contributed by atoms with Gasteiger partial charge in [-0.1, -0.05) is 45.8 Å². The minimum absolute atomic E-state index is 0.0519. The number of carbonyl (C=O) groups excluding carboxylic acids is 1. The molecular formula is C17H17BrO3. The van der Waals surface area contributed by atoms with E-state index in [1.807, 2.05) is 12.1 Å².